The summed E-state index contributed by atoms with van der Waals surface area (Å²) in [5.74, 6) is 2.19. The van der Waals surface area contributed by atoms with Crippen LogP contribution in [0.3, 0.4) is 0 Å². The molecule has 1 unspecified atom stereocenters. The molecule has 0 spiro atoms. The second-order valence-corrected chi connectivity index (χ2v) is 8.95. The van der Waals surface area contributed by atoms with Gasteiger partial charge >= 0.3 is 0 Å². The second-order valence-electron chi connectivity index (χ2n) is 8.95. The van der Waals surface area contributed by atoms with Gasteiger partial charge in [-0.1, -0.05) is 124 Å². The molecule has 0 aliphatic heterocycles. The summed E-state index contributed by atoms with van der Waals surface area (Å²) >= 11 is 0. The van der Waals surface area contributed by atoms with Crippen LogP contribution in [0.15, 0.2) is 115 Å². The number of rotatable bonds is 8. The van der Waals surface area contributed by atoms with E-state index in [1.54, 1.807) is 0 Å². The number of ether oxygens (including phenoxy) is 1. The Kier molecular flexibility index (Phi) is 6.75. The molecule has 0 heterocycles. The van der Waals surface area contributed by atoms with Gasteiger partial charge in [-0.3, -0.25) is 0 Å². The van der Waals surface area contributed by atoms with Gasteiger partial charge in [-0.15, -0.1) is 0 Å². The van der Waals surface area contributed by atoms with E-state index in [0.717, 1.165) is 28.9 Å². The molecule has 32 heavy (non-hydrogen) atoms. The van der Waals surface area contributed by atoms with E-state index in [1.807, 2.05) is 0 Å². The molecule has 4 aromatic carbocycles. The smallest absolute Gasteiger partial charge is 0.184 e. The van der Waals surface area contributed by atoms with E-state index >= 15 is 0 Å². The van der Waals surface area contributed by atoms with E-state index in [1.165, 1.54) is 5.56 Å². The summed E-state index contributed by atoms with van der Waals surface area (Å²) in [6, 6.07) is 40.2. The van der Waals surface area contributed by atoms with Gasteiger partial charge in [-0.25, -0.2) is 0 Å². The zero-order valence-electron chi connectivity index (χ0n) is 19.2. The SMILES string of the molecule is CC(C)C(C)Cc1ccc(OC(c2ccccc2)(c2ccccc2)c2ccccc2)cc1. The Balaban J connectivity index is 1.80. The number of benzene rings is 4. The molecular weight excluding hydrogens is 388 g/mol. The quantitative estimate of drug-likeness (QED) is 0.263. The summed E-state index contributed by atoms with van der Waals surface area (Å²) in [4.78, 5) is 0. The lowest BCUT2D eigenvalue weighted by Crippen LogP contribution is -2.36. The number of hydrogen-bond donors (Lipinski definition) is 0. The molecule has 0 aromatic heterocycles. The molecule has 0 radical (unpaired) electrons. The molecule has 0 fully saturated rings. The van der Waals surface area contributed by atoms with Gasteiger partial charge < -0.3 is 4.74 Å². The van der Waals surface area contributed by atoms with Crippen molar-refractivity contribution < 1.29 is 4.74 Å². The van der Waals surface area contributed by atoms with Crippen molar-refractivity contribution in [3.8, 4) is 5.75 Å². The van der Waals surface area contributed by atoms with E-state index in [9.17, 15) is 0 Å². The highest BCUT2D eigenvalue weighted by Crippen LogP contribution is 2.41. The molecule has 0 saturated carbocycles. The fourth-order valence-corrected chi connectivity index (χ4v) is 4.17. The fraction of sp³-hybridized carbons (Fsp3) is 0.226. The summed E-state index contributed by atoms with van der Waals surface area (Å²) in [6.07, 6.45) is 1.08. The third kappa shape index (κ3) is 4.62. The van der Waals surface area contributed by atoms with Crippen molar-refractivity contribution in [1.29, 1.82) is 0 Å². The topological polar surface area (TPSA) is 9.23 Å². The standard InChI is InChI=1S/C31H32O/c1-24(2)25(3)23-26-19-21-30(22-20-26)32-31(27-13-7-4-8-14-27,28-15-9-5-10-16-28)29-17-11-6-12-18-29/h4-22,24-25H,23H2,1-3H3. The first kappa shape index (κ1) is 21.9. The molecule has 4 rings (SSSR count). The molecule has 1 nitrogen and oxygen atoms in total. The minimum Gasteiger partial charge on any atom is -0.473 e. The first-order valence-corrected chi connectivity index (χ1v) is 11.5. The van der Waals surface area contributed by atoms with Crippen LogP contribution in [0.25, 0.3) is 0 Å². The molecule has 1 heteroatoms. The van der Waals surface area contributed by atoms with Gasteiger partial charge in [-0.05, 0) is 36.0 Å². The van der Waals surface area contributed by atoms with Crippen LogP contribution in [0.4, 0.5) is 0 Å². The highest BCUT2D eigenvalue weighted by atomic mass is 16.5. The van der Waals surface area contributed by atoms with Gasteiger partial charge in [0.1, 0.15) is 5.75 Å². The third-order valence-corrected chi connectivity index (χ3v) is 6.43. The molecule has 0 N–H and O–H groups in total. The van der Waals surface area contributed by atoms with Crippen LogP contribution in [0, 0.1) is 11.8 Å². The monoisotopic (exact) mass is 420 g/mol. The van der Waals surface area contributed by atoms with Crippen molar-refractivity contribution in [2.45, 2.75) is 32.8 Å². The van der Waals surface area contributed by atoms with Gasteiger partial charge in [0.25, 0.3) is 0 Å². The van der Waals surface area contributed by atoms with Gasteiger partial charge in [0, 0.05) is 16.7 Å². The van der Waals surface area contributed by atoms with Crippen LogP contribution in [0.5, 0.6) is 5.75 Å². The summed E-state index contributed by atoms with van der Waals surface area (Å²) in [5, 5.41) is 0. The predicted molar refractivity (Wildman–Crippen MR) is 134 cm³/mol. The maximum absolute atomic E-state index is 6.97. The van der Waals surface area contributed by atoms with Gasteiger partial charge in [0.15, 0.2) is 5.60 Å². The summed E-state index contributed by atoms with van der Waals surface area (Å²) in [7, 11) is 0. The Morgan fingerprint density at radius 2 is 0.969 bits per heavy atom. The average molecular weight is 421 g/mol. The van der Waals surface area contributed by atoms with Crippen LogP contribution in [0.1, 0.15) is 43.0 Å². The van der Waals surface area contributed by atoms with Crippen molar-refractivity contribution >= 4 is 0 Å². The van der Waals surface area contributed by atoms with Gasteiger partial charge in [0.2, 0.25) is 0 Å². The van der Waals surface area contributed by atoms with Crippen molar-refractivity contribution in [3.05, 3.63) is 138 Å². The maximum atomic E-state index is 6.97. The predicted octanol–water partition coefficient (Wildman–Crippen LogP) is 7.89. The number of hydrogen-bond acceptors (Lipinski definition) is 1. The molecule has 1 atom stereocenters. The Morgan fingerprint density at radius 1 is 0.562 bits per heavy atom. The van der Waals surface area contributed by atoms with Crippen molar-refractivity contribution in [1.82, 2.24) is 0 Å². The minimum atomic E-state index is -0.740. The van der Waals surface area contributed by atoms with Crippen molar-refractivity contribution in [2.75, 3.05) is 0 Å². The summed E-state index contributed by atoms with van der Waals surface area (Å²) in [5.41, 5.74) is 3.93. The largest absolute Gasteiger partial charge is 0.473 e. The molecule has 0 bridgehead atoms. The van der Waals surface area contributed by atoms with Crippen LogP contribution in [0.2, 0.25) is 0 Å². The van der Waals surface area contributed by atoms with E-state index in [2.05, 4.69) is 136 Å². The second kappa shape index (κ2) is 9.87. The van der Waals surface area contributed by atoms with Crippen LogP contribution in [-0.2, 0) is 12.0 Å². The Morgan fingerprint density at radius 3 is 1.34 bits per heavy atom. The fourth-order valence-electron chi connectivity index (χ4n) is 4.17. The average Bonchev–Trinajstić information content (AvgIpc) is 2.85. The zero-order valence-corrected chi connectivity index (χ0v) is 19.2. The molecule has 0 amide bonds. The van der Waals surface area contributed by atoms with Crippen LogP contribution >= 0.6 is 0 Å². The molecule has 0 aliphatic carbocycles. The van der Waals surface area contributed by atoms with E-state index in [4.69, 9.17) is 4.74 Å². The highest BCUT2D eigenvalue weighted by Gasteiger charge is 2.38. The van der Waals surface area contributed by atoms with Crippen molar-refractivity contribution in [3.63, 3.8) is 0 Å². The first-order valence-electron chi connectivity index (χ1n) is 11.5. The van der Waals surface area contributed by atoms with Gasteiger partial charge in [0.05, 0.1) is 0 Å². The maximum Gasteiger partial charge on any atom is 0.184 e. The molecule has 0 aliphatic rings. The Hall–Kier alpha value is -3.32. The first-order chi connectivity index (χ1) is 15.6. The highest BCUT2D eigenvalue weighted by molar-refractivity contribution is 5.49. The van der Waals surface area contributed by atoms with Crippen LogP contribution in [-0.4, -0.2) is 0 Å². The molecule has 0 saturated heterocycles. The van der Waals surface area contributed by atoms with Crippen LogP contribution < -0.4 is 4.74 Å². The van der Waals surface area contributed by atoms with Crippen molar-refractivity contribution in [2.24, 2.45) is 11.8 Å². The Bertz CT molecular complexity index is 987. The molecule has 4 aromatic rings. The van der Waals surface area contributed by atoms with E-state index < -0.39 is 5.60 Å². The lowest BCUT2D eigenvalue weighted by molar-refractivity contribution is 0.155. The zero-order chi connectivity index (χ0) is 22.4. The Labute approximate surface area is 192 Å². The van der Waals surface area contributed by atoms with E-state index in [-0.39, 0.29) is 0 Å². The normalized spacial score (nSPS) is 12.5. The summed E-state index contributed by atoms with van der Waals surface area (Å²) in [6.45, 7) is 6.90. The molecule has 162 valence electrons. The molecular formula is C31H32O. The third-order valence-electron chi connectivity index (χ3n) is 6.43. The summed E-state index contributed by atoms with van der Waals surface area (Å²) < 4.78 is 6.97. The minimum absolute atomic E-state index is 0.652. The lowest BCUT2D eigenvalue weighted by atomic mass is 9.80. The lowest BCUT2D eigenvalue weighted by Gasteiger charge is -2.36. The van der Waals surface area contributed by atoms with Gasteiger partial charge in [-0.2, -0.15) is 0 Å². The van der Waals surface area contributed by atoms with E-state index in [0.29, 0.717) is 11.8 Å².